The van der Waals surface area contributed by atoms with Gasteiger partial charge < -0.3 is 10.3 Å². The summed E-state index contributed by atoms with van der Waals surface area (Å²) in [5, 5.41) is 10.8. The molecule has 9 nitrogen and oxygen atoms in total. The number of hydrogen-bond donors (Lipinski definition) is 3. The van der Waals surface area contributed by atoms with E-state index in [4.69, 9.17) is 4.98 Å². The molecule has 172 valence electrons. The fourth-order valence-corrected chi connectivity index (χ4v) is 4.09. The summed E-state index contributed by atoms with van der Waals surface area (Å²) < 4.78 is 15.9. The minimum Gasteiger partial charge on any atom is -0.335 e. The minimum atomic E-state index is -0.489. The largest absolute Gasteiger partial charge is 0.335 e. The smallest absolute Gasteiger partial charge is 0.161 e. The maximum Gasteiger partial charge on any atom is 0.161 e. The van der Waals surface area contributed by atoms with Gasteiger partial charge >= 0.3 is 0 Å². The van der Waals surface area contributed by atoms with Crippen molar-refractivity contribution in [2.75, 3.05) is 6.54 Å². The van der Waals surface area contributed by atoms with Crippen LogP contribution < -0.4 is 5.32 Å². The molecule has 0 aliphatic heterocycles. The monoisotopic (exact) mass is 465 g/mol. The molecule has 0 aliphatic rings. The standard InChI is InChI=1S/C25H20FN9/c1-2-27-8-14-7-15(10-28-9-14)22-21(26)20-18(13-31-22)34-35-24(20)25-32-19-12-29-11-16(23(19)33-25)17-5-3-4-6-30-17/h3-7,9-13,27H,2,8H2,1H3,(H,32,33)(H,34,35). The van der Waals surface area contributed by atoms with Crippen LogP contribution in [0.15, 0.2) is 61.4 Å². The lowest BCUT2D eigenvalue weighted by molar-refractivity contribution is 0.638. The summed E-state index contributed by atoms with van der Waals surface area (Å²) >= 11 is 0. The summed E-state index contributed by atoms with van der Waals surface area (Å²) in [7, 11) is 0. The van der Waals surface area contributed by atoms with E-state index in [1.54, 1.807) is 37.2 Å². The van der Waals surface area contributed by atoms with Gasteiger partial charge in [-0.1, -0.05) is 13.0 Å². The second-order valence-corrected chi connectivity index (χ2v) is 8.03. The van der Waals surface area contributed by atoms with Crippen LogP contribution in [0.1, 0.15) is 12.5 Å². The summed E-state index contributed by atoms with van der Waals surface area (Å²) in [5.74, 6) is -0.0660. The predicted octanol–water partition coefficient (Wildman–Crippen LogP) is 4.27. The Kier molecular flexibility index (Phi) is 5.19. The minimum absolute atomic E-state index is 0.206. The number of aromatic nitrogens is 8. The van der Waals surface area contributed by atoms with Crippen molar-refractivity contribution in [2.45, 2.75) is 13.5 Å². The molecule has 0 fully saturated rings. The van der Waals surface area contributed by atoms with Crippen molar-refractivity contribution < 1.29 is 4.39 Å². The van der Waals surface area contributed by atoms with Gasteiger partial charge in [0, 0.05) is 42.5 Å². The predicted molar refractivity (Wildman–Crippen MR) is 131 cm³/mol. The second kappa shape index (κ2) is 8.65. The third kappa shape index (κ3) is 3.69. The van der Waals surface area contributed by atoms with Crippen molar-refractivity contribution in [3.05, 3.63) is 72.8 Å². The molecule has 35 heavy (non-hydrogen) atoms. The highest BCUT2D eigenvalue weighted by Crippen LogP contribution is 2.33. The van der Waals surface area contributed by atoms with Crippen LogP contribution in [0.3, 0.4) is 0 Å². The Labute approximate surface area is 198 Å². The molecule has 0 aliphatic carbocycles. The topological polar surface area (TPSA) is 121 Å². The fraction of sp³-hybridized carbons (Fsp3) is 0.120. The Bertz CT molecular complexity index is 1660. The third-order valence-electron chi connectivity index (χ3n) is 5.75. The zero-order valence-corrected chi connectivity index (χ0v) is 18.7. The SMILES string of the molecule is CCNCc1cncc(-c2ncc3[nH]nc(-c4nc5c(-c6ccccn6)cncc5[nH]4)c3c2F)c1. The lowest BCUT2D eigenvalue weighted by atomic mass is 10.1. The number of halogens is 1. The van der Waals surface area contributed by atoms with Crippen LogP contribution in [-0.2, 0) is 6.54 Å². The maximum atomic E-state index is 15.9. The van der Waals surface area contributed by atoms with Crippen molar-refractivity contribution in [3.63, 3.8) is 0 Å². The van der Waals surface area contributed by atoms with Crippen LogP contribution in [0.25, 0.3) is 56.0 Å². The highest BCUT2D eigenvalue weighted by atomic mass is 19.1. The van der Waals surface area contributed by atoms with E-state index >= 15 is 4.39 Å². The first kappa shape index (κ1) is 21.0. The van der Waals surface area contributed by atoms with Crippen LogP contribution >= 0.6 is 0 Å². The maximum absolute atomic E-state index is 15.9. The van der Waals surface area contributed by atoms with E-state index in [9.17, 15) is 0 Å². The van der Waals surface area contributed by atoms with Gasteiger partial charge in [0.2, 0.25) is 0 Å². The molecule has 6 rings (SSSR count). The number of imidazole rings is 1. The van der Waals surface area contributed by atoms with E-state index in [1.807, 2.05) is 31.2 Å². The van der Waals surface area contributed by atoms with Gasteiger partial charge in [-0.25, -0.2) is 9.37 Å². The van der Waals surface area contributed by atoms with Crippen LogP contribution in [0.2, 0.25) is 0 Å². The van der Waals surface area contributed by atoms with E-state index in [-0.39, 0.29) is 5.69 Å². The molecule has 0 unspecified atom stereocenters. The van der Waals surface area contributed by atoms with Crippen molar-refractivity contribution in [2.24, 2.45) is 0 Å². The van der Waals surface area contributed by atoms with Crippen molar-refractivity contribution in [1.29, 1.82) is 0 Å². The molecule has 0 spiro atoms. The second-order valence-electron chi connectivity index (χ2n) is 8.03. The Balaban J connectivity index is 1.48. The van der Waals surface area contributed by atoms with Crippen LogP contribution in [0, 0.1) is 5.82 Å². The third-order valence-corrected chi connectivity index (χ3v) is 5.75. The number of rotatable bonds is 6. The first-order valence-electron chi connectivity index (χ1n) is 11.2. The summed E-state index contributed by atoms with van der Waals surface area (Å²) in [5.41, 5.74) is 5.49. The molecule has 0 aromatic carbocycles. The number of pyridine rings is 4. The Morgan fingerprint density at radius 1 is 0.971 bits per heavy atom. The van der Waals surface area contributed by atoms with Crippen LogP contribution in [0.5, 0.6) is 0 Å². The summed E-state index contributed by atoms with van der Waals surface area (Å²) in [6, 6.07) is 7.54. The van der Waals surface area contributed by atoms with Gasteiger partial charge in [-0.2, -0.15) is 5.10 Å². The molecule has 6 aromatic heterocycles. The molecule has 10 heteroatoms. The zero-order valence-electron chi connectivity index (χ0n) is 18.7. The number of nitrogens with one attached hydrogen (secondary N) is 3. The fourth-order valence-electron chi connectivity index (χ4n) is 4.09. The molecular formula is C25H20FN9. The number of fused-ring (bicyclic) bond motifs is 2. The molecule has 0 radical (unpaired) electrons. The van der Waals surface area contributed by atoms with Gasteiger partial charge in [0.1, 0.15) is 16.9 Å². The van der Waals surface area contributed by atoms with E-state index in [2.05, 4.69) is 40.4 Å². The molecule has 0 amide bonds. The Morgan fingerprint density at radius 2 is 1.89 bits per heavy atom. The van der Waals surface area contributed by atoms with E-state index in [0.29, 0.717) is 45.6 Å². The molecule has 0 bridgehead atoms. The van der Waals surface area contributed by atoms with Gasteiger partial charge in [0.05, 0.1) is 34.5 Å². The van der Waals surface area contributed by atoms with Crippen LogP contribution in [0.4, 0.5) is 4.39 Å². The first-order valence-corrected chi connectivity index (χ1v) is 11.2. The number of hydrogen-bond acceptors (Lipinski definition) is 7. The molecule has 0 saturated carbocycles. The summed E-state index contributed by atoms with van der Waals surface area (Å²) in [6.07, 6.45) is 10.1. The molecule has 6 heterocycles. The van der Waals surface area contributed by atoms with Crippen molar-refractivity contribution >= 4 is 21.9 Å². The molecule has 6 aromatic rings. The molecule has 0 saturated heterocycles. The van der Waals surface area contributed by atoms with Gasteiger partial charge in [-0.15, -0.1) is 0 Å². The van der Waals surface area contributed by atoms with Gasteiger partial charge in [0.15, 0.2) is 11.6 Å². The zero-order chi connectivity index (χ0) is 23.8. The van der Waals surface area contributed by atoms with E-state index in [0.717, 1.165) is 23.4 Å². The van der Waals surface area contributed by atoms with Crippen molar-refractivity contribution in [1.82, 2.24) is 45.4 Å². The first-order chi connectivity index (χ1) is 17.2. The van der Waals surface area contributed by atoms with E-state index < -0.39 is 5.82 Å². The quantitative estimate of drug-likeness (QED) is 0.336. The van der Waals surface area contributed by atoms with Crippen LogP contribution in [-0.4, -0.2) is 46.6 Å². The van der Waals surface area contributed by atoms with Crippen molar-refractivity contribution in [3.8, 4) is 34.0 Å². The average molecular weight is 465 g/mol. The van der Waals surface area contributed by atoms with Gasteiger partial charge in [-0.3, -0.25) is 25.0 Å². The van der Waals surface area contributed by atoms with E-state index in [1.165, 1.54) is 0 Å². The highest BCUT2D eigenvalue weighted by Gasteiger charge is 2.21. The number of aromatic amines is 2. The molecule has 0 atom stereocenters. The van der Waals surface area contributed by atoms with Gasteiger partial charge in [-0.05, 0) is 30.3 Å². The highest BCUT2D eigenvalue weighted by molar-refractivity contribution is 5.97. The molecule has 3 N–H and O–H groups in total. The number of H-pyrrole nitrogens is 2. The Morgan fingerprint density at radius 3 is 2.74 bits per heavy atom. The van der Waals surface area contributed by atoms with Gasteiger partial charge in [0.25, 0.3) is 0 Å². The molecular weight excluding hydrogens is 445 g/mol. The number of nitrogens with zero attached hydrogens (tertiary/aromatic N) is 6. The average Bonchev–Trinajstić information content (AvgIpc) is 3.53. The summed E-state index contributed by atoms with van der Waals surface area (Å²) in [6.45, 7) is 3.50. The lowest BCUT2D eigenvalue weighted by Gasteiger charge is -2.07. The lowest BCUT2D eigenvalue weighted by Crippen LogP contribution is -2.11. The normalized spacial score (nSPS) is 11.5. The Hall–Kier alpha value is -4.57. The summed E-state index contributed by atoms with van der Waals surface area (Å²) in [4.78, 5) is 25.3.